The molecule has 4 N–H and O–H groups in total. The van der Waals surface area contributed by atoms with Gasteiger partial charge in [0.05, 0.1) is 18.2 Å². The third-order valence-electron chi connectivity index (χ3n) is 3.73. The number of carbonyl (C=O) groups excluding carboxylic acids is 1. The monoisotopic (exact) mass is 266 g/mol. The first-order valence-electron chi connectivity index (χ1n) is 6.24. The maximum Gasteiger partial charge on any atom is 0.239 e. The van der Waals surface area contributed by atoms with E-state index in [-0.39, 0.29) is 29.6 Å². The Bertz CT molecular complexity index is 510. The number of halogens is 1. The number of nitrogens with two attached hydrogens (primary N) is 1. The van der Waals surface area contributed by atoms with Crippen molar-refractivity contribution < 1.29 is 9.18 Å². The molecular weight excluding hydrogens is 251 g/mol. The summed E-state index contributed by atoms with van der Waals surface area (Å²) in [4.78, 5) is 21.3. The van der Waals surface area contributed by atoms with E-state index in [0.717, 1.165) is 19.0 Å². The molecule has 7 nitrogen and oxygen atoms in total. The number of aromatic nitrogens is 2. The number of nitrogens with zero attached hydrogens (tertiary/aromatic N) is 3. The van der Waals surface area contributed by atoms with Crippen molar-refractivity contribution in [1.29, 1.82) is 0 Å². The van der Waals surface area contributed by atoms with Crippen LogP contribution in [0.2, 0.25) is 0 Å². The Balaban J connectivity index is 1.94. The molecule has 2 atom stereocenters. The van der Waals surface area contributed by atoms with E-state index in [1.165, 1.54) is 0 Å². The second-order valence-corrected chi connectivity index (χ2v) is 4.76. The van der Waals surface area contributed by atoms with Gasteiger partial charge < -0.3 is 10.2 Å². The van der Waals surface area contributed by atoms with Crippen LogP contribution < -0.4 is 21.5 Å². The van der Waals surface area contributed by atoms with Crippen molar-refractivity contribution in [3.63, 3.8) is 0 Å². The second-order valence-electron chi connectivity index (χ2n) is 4.76. The Morgan fingerprint density at radius 2 is 2.42 bits per heavy atom. The van der Waals surface area contributed by atoms with Crippen LogP contribution in [0.25, 0.3) is 0 Å². The highest BCUT2D eigenvalue weighted by atomic mass is 19.1. The van der Waals surface area contributed by atoms with Gasteiger partial charge in [0.25, 0.3) is 0 Å². The second kappa shape index (κ2) is 4.61. The molecule has 2 aliphatic rings. The normalized spacial score (nSPS) is 26.0. The van der Waals surface area contributed by atoms with Crippen molar-refractivity contribution in [2.45, 2.75) is 18.9 Å². The van der Waals surface area contributed by atoms with E-state index in [4.69, 9.17) is 5.84 Å². The fraction of sp³-hybridized carbons (Fsp3) is 0.545. The van der Waals surface area contributed by atoms with Crippen LogP contribution in [0.3, 0.4) is 0 Å². The molecule has 0 bridgehead atoms. The minimum Gasteiger partial charge on any atom is -0.354 e. The van der Waals surface area contributed by atoms with Gasteiger partial charge in [0.2, 0.25) is 11.9 Å². The number of amides is 1. The molecule has 0 aliphatic carbocycles. The Morgan fingerprint density at radius 1 is 1.58 bits per heavy atom. The van der Waals surface area contributed by atoms with Crippen molar-refractivity contribution in [1.82, 2.24) is 15.3 Å². The average molecular weight is 266 g/mol. The van der Waals surface area contributed by atoms with Crippen molar-refractivity contribution in [3.8, 4) is 0 Å². The lowest BCUT2D eigenvalue weighted by molar-refractivity contribution is -0.123. The largest absolute Gasteiger partial charge is 0.354 e. The van der Waals surface area contributed by atoms with Crippen LogP contribution in [-0.4, -0.2) is 35.0 Å². The fourth-order valence-corrected chi connectivity index (χ4v) is 2.84. The van der Waals surface area contributed by atoms with Gasteiger partial charge in [-0.05, 0) is 12.8 Å². The zero-order chi connectivity index (χ0) is 13.4. The highest BCUT2D eigenvalue weighted by molar-refractivity contribution is 5.83. The third-order valence-corrected chi connectivity index (χ3v) is 3.73. The molecule has 8 heteroatoms. The smallest absolute Gasteiger partial charge is 0.239 e. The van der Waals surface area contributed by atoms with Crippen LogP contribution in [0.5, 0.6) is 0 Å². The number of anilines is 2. The molecule has 2 fully saturated rings. The van der Waals surface area contributed by atoms with E-state index in [1.54, 1.807) is 0 Å². The molecule has 0 radical (unpaired) electrons. The predicted octanol–water partition coefficient (Wildman–Crippen LogP) is -0.384. The summed E-state index contributed by atoms with van der Waals surface area (Å²) < 4.78 is 13.9. The van der Waals surface area contributed by atoms with Gasteiger partial charge in [0.15, 0.2) is 11.6 Å². The van der Waals surface area contributed by atoms with E-state index in [9.17, 15) is 9.18 Å². The summed E-state index contributed by atoms with van der Waals surface area (Å²) in [5, 5.41) is 2.82. The maximum absolute atomic E-state index is 13.9. The lowest BCUT2D eigenvalue weighted by Crippen LogP contribution is -2.46. The summed E-state index contributed by atoms with van der Waals surface area (Å²) in [5.74, 6) is 5.07. The number of nitrogen functional groups attached to an aromatic ring is 1. The van der Waals surface area contributed by atoms with E-state index in [1.807, 2.05) is 4.90 Å². The Kier molecular flexibility index (Phi) is 2.94. The van der Waals surface area contributed by atoms with Gasteiger partial charge in [0.1, 0.15) is 0 Å². The molecule has 102 valence electrons. The van der Waals surface area contributed by atoms with Crippen molar-refractivity contribution in [2.24, 2.45) is 11.8 Å². The van der Waals surface area contributed by atoms with Crippen LogP contribution >= 0.6 is 0 Å². The van der Waals surface area contributed by atoms with Gasteiger partial charge in [-0.3, -0.25) is 10.2 Å². The minimum absolute atomic E-state index is 0.0429. The number of hydrazine groups is 1. The zero-order valence-corrected chi connectivity index (χ0v) is 10.3. The highest BCUT2D eigenvalue weighted by Gasteiger charge is 2.42. The average Bonchev–Trinajstić information content (AvgIpc) is 2.81. The van der Waals surface area contributed by atoms with E-state index in [0.29, 0.717) is 13.1 Å². The minimum atomic E-state index is -0.501. The standard InChI is InChI=1S/C11H15FN6O/c12-7-4-15-11(17-13)16-9(7)18-3-1-2-6-8(18)5-14-10(6)19/h4,6,8H,1-3,5,13H2,(H,14,19)(H,15,16,17). The first-order chi connectivity index (χ1) is 9.20. The van der Waals surface area contributed by atoms with Gasteiger partial charge in [-0.25, -0.2) is 15.2 Å². The number of fused-ring (bicyclic) bond motifs is 1. The van der Waals surface area contributed by atoms with E-state index >= 15 is 0 Å². The molecule has 1 aromatic heterocycles. The Labute approximate surface area is 109 Å². The van der Waals surface area contributed by atoms with Gasteiger partial charge in [-0.2, -0.15) is 4.98 Å². The number of piperidine rings is 1. The molecule has 3 heterocycles. The van der Waals surface area contributed by atoms with Crippen LogP contribution in [0.4, 0.5) is 16.2 Å². The molecule has 2 unspecified atom stereocenters. The Hall–Kier alpha value is -1.96. The summed E-state index contributed by atoms with van der Waals surface area (Å²) in [6.45, 7) is 1.20. The van der Waals surface area contributed by atoms with Gasteiger partial charge in [-0.15, -0.1) is 0 Å². The molecular formula is C11H15FN6O. The molecule has 1 amide bonds. The van der Waals surface area contributed by atoms with Crippen LogP contribution in [0.15, 0.2) is 6.20 Å². The summed E-state index contributed by atoms with van der Waals surface area (Å²) in [6, 6.07) is -0.0451. The molecule has 0 spiro atoms. The number of hydrogen-bond acceptors (Lipinski definition) is 6. The van der Waals surface area contributed by atoms with Crippen molar-refractivity contribution in [2.75, 3.05) is 23.4 Å². The third kappa shape index (κ3) is 1.97. The lowest BCUT2D eigenvalue weighted by Gasteiger charge is -2.36. The summed E-state index contributed by atoms with van der Waals surface area (Å²) in [5.41, 5.74) is 2.30. The van der Waals surface area contributed by atoms with Crippen LogP contribution in [0, 0.1) is 11.7 Å². The SMILES string of the molecule is NNc1ncc(F)c(N2CCCC3C(=O)NCC32)n1. The molecule has 1 aromatic rings. The molecule has 19 heavy (non-hydrogen) atoms. The number of hydrogen-bond donors (Lipinski definition) is 3. The quantitative estimate of drug-likeness (QED) is 0.498. The van der Waals surface area contributed by atoms with Crippen molar-refractivity contribution in [3.05, 3.63) is 12.0 Å². The summed E-state index contributed by atoms with van der Waals surface area (Å²) in [6.07, 6.45) is 2.76. The molecule has 0 aromatic carbocycles. The van der Waals surface area contributed by atoms with E-state index < -0.39 is 5.82 Å². The predicted molar refractivity (Wildman–Crippen MR) is 66.7 cm³/mol. The molecule has 0 saturated carbocycles. The lowest BCUT2D eigenvalue weighted by atomic mass is 9.91. The van der Waals surface area contributed by atoms with Crippen molar-refractivity contribution >= 4 is 17.7 Å². The molecule has 3 rings (SSSR count). The highest BCUT2D eigenvalue weighted by Crippen LogP contribution is 2.31. The zero-order valence-electron chi connectivity index (χ0n) is 10.3. The number of rotatable bonds is 2. The van der Waals surface area contributed by atoms with Gasteiger partial charge >= 0.3 is 0 Å². The van der Waals surface area contributed by atoms with Crippen LogP contribution in [-0.2, 0) is 4.79 Å². The van der Waals surface area contributed by atoms with E-state index in [2.05, 4.69) is 20.7 Å². The summed E-state index contributed by atoms with van der Waals surface area (Å²) in [7, 11) is 0. The first-order valence-corrected chi connectivity index (χ1v) is 6.24. The first kappa shape index (κ1) is 12.1. The van der Waals surface area contributed by atoms with Gasteiger partial charge in [-0.1, -0.05) is 0 Å². The van der Waals surface area contributed by atoms with Gasteiger partial charge in [0, 0.05) is 13.1 Å². The Morgan fingerprint density at radius 3 is 3.21 bits per heavy atom. The maximum atomic E-state index is 13.9. The number of nitrogens with one attached hydrogen (secondary N) is 2. The topological polar surface area (TPSA) is 96.2 Å². The van der Waals surface area contributed by atoms with Crippen LogP contribution in [0.1, 0.15) is 12.8 Å². The number of carbonyl (C=O) groups is 1. The molecule has 2 aliphatic heterocycles. The fourth-order valence-electron chi connectivity index (χ4n) is 2.84. The summed E-state index contributed by atoms with van der Waals surface area (Å²) >= 11 is 0. The molecule has 2 saturated heterocycles.